The summed E-state index contributed by atoms with van der Waals surface area (Å²) in [6.07, 6.45) is -0.532. The average Bonchev–Trinajstić information content (AvgIpc) is 2.67. The molecule has 17 heavy (non-hydrogen) atoms. The van der Waals surface area contributed by atoms with Crippen molar-refractivity contribution in [2.45, 2.75) is 6.54 Å². The predicted molar refractivity (Wildman–Crippen MR) is 54.8 cm³/mol. The van der Waals surface area contributed by atoms with Crippen molar-refractivity contribution in [3.05, 3.63) is 39.7 Å². The average molecular weight is 240 g/mol. The van der Waals surface area contributed by atoms with Crippen LogP contribution in [-0.4, -0.2) is 29.1 Å². The Bertz CT molecular complexity index is 477. The van der Waals surface area contributed by atoms with Crippen LogP contribution in [0.5, 0.6) is 0 Å². The lowest BCUT2D eigenvalue weighted by Crippen LogP contribution is -2.24. The summed E-state index contributed by atoms with van der Waals surface area (Å²) < 4.78 is 18.4. The van der Waals surface area contributed by atoms with E-state index < -0.39 is 22.5 Å². The lowest BCUT2D eigenvalue weighted by Gasteiger charge is -2.12. The number of nitrogens with zero attached hydrogens (tertiary/aromatic N) is 2. The Labute approximate surface area is 95.7 Å². The Hall–Kier alpha value is -2.18. The summed E-state index contributed by atoms with van der Waals surface area (Å²) in [5.74, 6) is -0.905. The van der Waals surface area contributed by atoms with Gasteiger partial charge >= 0.3 is 11.8 Å². The molecule has 1 aromatic rings. The number of nitro benzene ring substituents is 1. The predicted octanol–water partition coefficient (Wildman–Crippen LogP) is 1.69. The number of nitro groups is 1. The standard InChI is InChI=1S/C10H9FN2O4/c11-9-7(2-1-3-8(9)13(15)16)6-12-4-5-17-10(12)14/h1-3H,4-6H2. The molecular weight excluding hydrogens is 231 g/mol. The summed E-state index contributed by atoms with van der Waals surface area (Å²) in [5, 5.41) is 10.5. The molecule has 1 fully saturated rings. The van der Waals surface area contributed by atoms with Crippen LogP contribution in [-0.2, 0) is 11.3 Å². The van der Waals surface area contributed by atoms with Gasteiger partial charge in [0.05, 0.1) is 18.0 Å². The number of halogens is 1. The van der Waals surface area contributed by atoms with Crippen molar-refractivity contribution in [2.75, 3.05) is 13.2 Å². The van der Waals surface area contributed by atoms with Crippen LogP contribution in [0.1, 0.15) is 5.56 Å². The smallest absolute Gasteiger partial charge is 0.410 e. The minimum absolute atomic E-state index is 0.0215. The topological polar surface area (TPSA) is 72.7 Å². The van der Waals surface area contributed by atoms with Crippen molar-refractivity contribution in [3.8, 4) is 0 Å². The van der Waals surface area contributed by atoms with E-state index in [1.165, 1.54) is 17.0 Å². The van der Waals surface area contributed by atoms with Crippen molar-refractivity contribution < 1.29 is 18.8 Å². The van der Waals surface area contributed by atoms with Crippen molar-refractivity contribution in [1.82, 2.24) is 4.90 Å². The maximum Gasteiger partial charge on any atom is 0.410 e. The third-order valence-electron chi connectivity index (χ3n) is 2.46. The van der Waals surface area contributed by atoms with Crippen LogP contribution < -0.4 is 0 Å². The number of amides is 1. The van der Waals surface area contributed by atoms with Gasteiger partial charge in [0.25, 0.3) is 0 Å². The van der Waals surface area contributed by atoms with Gasteiger partial charge in [0.1, 0.15) is 6.61 Å². The molecule has 0 bridgehead atoms. The van der Waals surface area contributed by atoms with Gasteiger partial charge in [-0.05, 0) is 0 Å². The first-order valence-electron chi connectivity index (χ1n) is 4.93. The van der Waals surface area contributed by atoms with E-state index in [0.29, 0.717) is 6.54 Å². The lowest BCUT2D eigenvalue weighted by atomic mass is 10.1. The summed E-state index contributed by atoms with van der Waals surface area (Å²) >= 11 is 0. The van der Waals surface area contributed by atoms with Gasteiger partial charge in [0.15, 0.2) is 0 Å². The molecule has 90 valence electrons. The fourth-order valence-corrected chi connectivity index (χ4v) is 1.60. The van der Waals surface area contributed by atoms with Crippen LogP contribution in [0.4, 0.5) is 14.9 Å². The molecule has 1 amide bonds. The highest BCUT2D eigenvalue weighted by Crippen LogP contribution is 2.22. The monoisotopic (exact) mass is 240 g/mol. The largest absolute Gasteiger partial charge is 0.448 e. The molecule has 1 heterocycles. The Morgan fingerprint density at radius 3 is 2.88 bits per heavy atom. The van der Waals surface area contributed by atoms with E-state index in [0.717, 1.165) is 6.07 Å². The minimum Gasteiger partial charge on any atom is -0.448 e. The molecule has 1 aliphatic rings. The van der Waals surface area contributed by atoms with Crippen molar-refractivity contribution in [2.24, 2.45) is 0 Å². The SMILES string of the molecule is O=C1OCCN1Cc1cccc([N+](=O)[O-])c1F. The molecule has 6 nitrogen and oxygen atoms in total. The normalized spacial score (nSPS) is 14.9. The van der Waals surface area contributed by atoms with E-state index in [2.05, 4.69) is 4.74 Å². The summed E-state index contributed by atoms with van der Waals surface area (Å²) in [7, 11) is 0. The Morgan fingerprint density at radius 2 is 2.29 bits per heavy atom. The maximum atomic E-state index is 13.7. The van der Waals surface area contributed by atoms with Gasteiger partial charge in [-0.3, -0.25) is 10.1 Å². The highest BCUT2D eigenvalue weighted by atomic mass is 19.1. The van der Waals surface area contributed by atoms with Crippen molar-refractivity contribution in [1.29, 1.82) is 0 Å². The molecule has 2 rings (SSSR count). The summed E-state index contributed by atoms with van der Waals surface area (Å²) in [6, 6.07) is 3.88. The second kappa shape index (κ2) is 4.36. The minimum atomic E-state index is -0.905. The van der Waals surface area contributed by atoms with E-state index in [-0.39, 0.29) is 18.7 Å². The van der Waals surface area contributed by atoms with Crippen molar-refractivity contribution in [3.63, 3.8) is 0 Å². The highest BCUT2D eigenvalue weighted by Gasteiger charge is 2.25. The number of cyclic esters (lactones) is 1. The second-order valence-corrected chi connectivity index (χ2v) is 3.54. The number of hydrogen-bond donors (Lipinski definition) is 0. The summed E-state index contributed by atoms with van der Waals surface area (Å²) in [5.41, 5.74) is -0.479. The van der Waals surface area contributed by atoms with Crippen LogP contribution in [0.3, 0.4) is 0 Å². The summed E-state index contributed by atoms with van der Waals surface area (Å²) in [4.78, 5) is 22.2. The molecule has 1 aromatic carbocycles. The molecule has 0 unspecified atom stereocenters. The molecular formula is C10H9FN2O4. The van der Waals surface area contributed by atoms with Gasteiger partial charge < -0.3 is 9.64 Å². The van der Waals surface area contributed by atoms with E-state index >= 15 is 0 Å². The van der Waals surface area contributed by atoms with Gasteiger partial charge in [-0.15, -0.1) is 0 Å². The third-order valence-corrected chi connectivity index (χ3v) is 2.46. The van der Waals surface area contributed by atoms with Crippen LogP contribution in [0.15, 0.2) is 18.2 Å². The Balaban J connectivity index is 2.24. The quantitative estimate of drug-likeness (QED) is 0.595. The number of hydrogen-bond acceptors (Lipinski definition) is 4. The molecule has 1 saturated heterocycles. The highest BCUT2D eigenvalue weighted by molar-refractivity contribution is 5.69. The first kappa shape index (κ1) is 11.3. The molecule has 0 N–H and O–H groups in total. The van der Waals surface area contributed by atoms with Crippen molar-refractivity contribution >= 4 is 11.8 Å². The maximum absolute atomic E-state index is 13.7. The number of benzene rings is 1. The van der Waals surface area contributed by atoms with Crippen LogP contribution in [0.2, 0.25) is 0 Å². The summed E-state index contributed by atoms with van der Waals surface area (Å²) in [6.45, 7) is 0.600. The van der Waals surface area contributed by atoms with E-state index in [1.54, 1.807) is 0 Å². The zero-order valence-corrected chi connectivity index (χ0v) is 8.76. The molecule has 0 radical (unpaired) electrons. The van der Waals surface area contributed by atoms with Gasteiger partial charge in [0, 0.05) is 11.6 Å². The third kappa shape index (κ3) is 2.17. The molecule has 7 heteroatoms. The molecule has 1 aliphatic heterocycles. The van der Waals surface area contributed by atoms with Gasteiger partial charge in [-0.1, -0.05) is 12.1 Å². The Kier molecular flexibility index (Phi) is 2.90. The molecule has 0 atom stereocenters. The second-order valence-electron chi connectivity index (χ2n) is 3.54. The molecule has 0 spiro atoms. The zero-order chi connectivity index (χ0) is 12.4. The van der Waals surface area contributed by atoms with E-state index in [4.69, 9.17) is 0 Å². The molecule has 0 saturated carbocycles. The first-order valence-corrected chi connectivity index (χ1v) is 4.93. The number of ether oxygens (including phenoxy) is 1. The van der Waals surface area contributed by atoms with Crippen LogP contribution in [0, 0.1) is 15.9 Å². The molecule has 0 aromatic heterocycles. The molecule has 0 aliphatic carbocycles. The van der Waals surface area contributed by atoms with Gasteiger partial charge in [-0.25, -0.2) is 4.79 Å². The van der Waals surface area contributed by atoms with Gasteiger partial charge in [-0.2, -0.15) is 4.39 Å². The number of carbonyl (C=O) groups excluding carboxylic acids is 1. The fraction of sp³-hybridized carbons (Fsp3) is 0.300. The van der Waals surface area contributed by atoms with Gasteiger partial charge in [0.2, 0.25) is 5.82 Å². The van der Waals surface area contributed by atoms with E-state index in [9.17, 15) is 19.3 Å². The lowest BCUT2D eigenvalue weighted by molar-refractivity contribution is -0.387. The Morgan fingerprint density at radius 1 is 1.53 bits per heavy atom. The number of rotatable bonds is 3. The zero-order valence-electron chi connectivity index (χ0n) is 8.76. The number of carbonyl (C=O) groups is 1. The fourth-order valence-electron chi connectivity index (χ4n) is 1.60. The van der Waals surface area contributed by atoms with E-state index in [1.807, 2.05) is 0 Å². The van der Waals surface area contributed by atoms with Crippen LogP contribution >= 0.6 is 0 Å². The van der Waals surface area contributed by atoms with Crippen LogP contribution in [0.25, 0.3) is 0 Å². The first-order chi connectivity index (χ1) is 8.09.